The number of halogens is 3. The van der Waals surface area contributed by atoms with Crippen LogP contribution in [0.25, 0.3) is 21.5 Å². The number of rotatable bonds is 4. The molecule has 0 aliphatic heterocycles. The van der Waals surface area contributed by atoms with E-state index in [9.17, 15) is 18.0 Å². The minimum atomic E-state index is -4.71. The highest BCUT2D eigenvalue weighted by atomic mass is 32.1. The van der Waals surface area contributed by atoms with E-state index in [1.54, 1.807) is 25.3 Å². The molecule has 11 heteroatoms. The Morgan fingerprint density at radius 2 is 1.93 bits per heavy atom. The second-order valence-electron chi connectivity index (χ2n) is 5.98. The molecule has 2 N–H and O–H groups in total. The fraction of sp³-hybridized carbons (Fsp3) is 0.111. The largest absolute Gasteiger partial charge is 0.471 e. The van der Waals surface area contributed by atoms with Crippen molar-refractivity contribution in [2.24, 2.45) is 5.73 Å². The number of aromatic nitrogens is 3. The molecule has 0 fully saturated rings. The van der Waals surface area contributed by atoms with E-state index in [0.717, 1.165) is 10.1 Å². The van der Waals surface area contributed by atoms with Crippen molar-refractivity contribution in [1.82, 2.24) is 15.1 Å². The van der Waals surface area contributed by atoms with Gasteiger partial charge in [-0.3, -0.25) is 9.78 Å². The Bertz CT molecular complexity index is 1220. The monoisotopic (exact) mass is 420 g/mol. The number of ether oxygens (including phenoxy) is 1. The normalized spacial score (nSPS) is 11.7. The van der Waals surface area contributed by atoms with Crippen molar-refractivity contribution in [1.29, 1.82) is 0 Å². The molecule has 148 valence electrons. The highest BCUT2D eigenvalue weighted by Crippen LogP contribution is 2.38. The third-order valence-electron chi connectivity index (χ3n) is 4.04. The Morgan fingerprint density at radius 1 is 1.21 bits per heavy atom. The minimum Gasteiger partial charge on any atom is -0.455 e. The lowest BCUT2D eigenvalue weighted by molar-refractivity contribution is -0.159. The molecule has 0 radical (unpaired) electrons. The Kier molecular flexibility index (Phi) is 4.46. The van der Waals surface area contributed by atoms with Crippen molar-refractivity contribution in [2.75, 3.05) is 0 Å². The molecule has 3 heterocycles. The van der Waals surface area contributed by atoms with Crippen LogP contribution in [-0.4, -0.2) is 21.0 Å². The molecule has 0 atom stereocenters. The van der Waals surface area contributed by atoms with E-state index < -0.39 is 18.0 Å². The third kappa shape index (κ3) is 3.51. The number of carbonyl (C=O) groups excluding carboxylic acids is 1. The highest BCUT2D eigenvalue weighted by Gasteiger charge is 2.38. The zero-order valence-electron chi connectivity index (χ0n) is 14.6. The number of nitrogens with two attached hydrogens (primary N) is 1. The van der Waals surface area contributed by atoms with Crippen LogP contribution in [-0.2, 0) is 6.18 Å². The van der Waals surface area contributed by atoms with Crippen LogP contribution in [0.1, 0.15) is 21.1 Å². The average Bonchev–Trinajstić information content (AvgIpc) is 3.28. The van der Waals surface area contributed by atoms with Crippen LogP contribution in [0, 0.1) is 6.92 Å². The molecule has 4 aromatic rings. The van der Waals surface area contributed by atoms with Gasteiger partial charge < -0.3 is 15.0 Å². The van der Waals surface area contributed by atoms with Gasteiger partial charge in [0, 0.05) is 17.1 Å². The van der Waals surface area contributed by atoms with Crippen molar-refractivity contribution in [3.05, 3.63) is 53.0 Å². The summed E-state index contributed by atoms with van der Waals surface area (Å²) < 4.78 is 48.6. The third-order valence-corrected chi connectivity index (χ3v) is 5.28. The molecule has 4 rings (SSSR count). The number of hydrogen-bond donors (Lipinski definition) is 1. The van der Waals surface area contributed by atoms with Crippen LogP contribution >= 0.6 is 11.3 Å². The van der Waals surface area contributed by atoms with E-state index >= 15 is 0 Å². The summed E-state index contributed by atoms with van der Waals surface area (Å²) in [5.74, 6) is -1.29. The molecule has 0 unspecified atom stereocenters. The van der Waals surface area contributed by atoms with Crippen LogP contribution in [0.15, 0.2) is 41.2 Å². The predicted octanol–water partition coefficient (Wildman–Crippen LogP) is 4.56. The number of carbonyl (C=O) groups is 1. The standard InChI is InChI=1S/C18H11F3N4O3S/c1-8-13-11(6-23-7-12(13)29-14(8)15(22)26)27-10-4-2-9(3-5-10)16-24-17(28-25-16)18(19,20)21/h2-7H,1H3,(H2,22,26). The van der Waals surface area contributed by atoms with Gasteiger partial charge in [-0.25, -0.2) is 0 Å². The summed E-state index contributed by atoms with van der Waals surface area (Å²) in [4.78, 5) is 19.4. The summed E-state index contributed by atoms with van der Waals surface area (Å²) in [6, 6.07) is 6.11. The fourth-order valence-electron chi connectivity index (χ4n) is 2.74. The lowest BCUT2D eigenvalue weighted by Gasteiger charge is -2.08. The number of nitrogens with zero attached hydrogens (tertiary/aromatic N) is 3. The Balaban J connectivity index is 1.63. The van der Waals surface area contributed by atoms with Crippen molar-refractivity contribution >= 4 is 27.3 Å². The predicted molar refractivity (Wildman–Crippen MR) is 97.7 cm³/mol. The van der Waals surface area contributed by atoms with Crippen LogP contribution < -0.4 is 10.5 Å². The molecule has 0 aliphatic rings. The van der Waals surface area contributed by atoms with Crippen LogP contribution in [0.4, 0.5) is 13.2 Å². The quantitative estimate of drug-likeness (QED) is 0.519. The Morgan fingerprint density at radius 3 is 2.55 bits per heavy atom. The number of thiophene rings is 1. The number of fused-ring (bicyclic) bond motifs is 1. The Labute approximate surface area is 164 Å². The van der Waals surface area contributed by atoms with Gasteiger partial charge in [-0.2, -0.15) is 18.2 Å². The highest BCUT2D eigenvalue weighted by molar-refractivity contribution is 7.21. The minimum absolute atomic E-state index is 0.188. The SMILES string of the molecule is Cc1c(C(N)=O)sc2cncc(Oc3ccc(-c4noc(C(F)(F)F)n4)cc3)c12. The van der Waals surface area contributed by atoms with Crippen LogP contribution in [0.3, 0.4) is 0 Å². The molecule has 1 amide bonds. The van der Waals surface area contributed by atoms with Crippen molar-refractivity contribution in [2.45, 2.75) is 13.1 Å². The van der Waals surface area contributed by atoms with E-state index in [2.05, 4.69) is 19.6 Å². The molecule has 0 aliphatic carbocycles. The van der Waals surface area contributed by atoms with E-state index in [1.807, 2.05) is 0 Å². The van der Waals surface area contributed by atoms with Gasteiger partial charge in [-0.05, 0) is 36.8 Å². The summed E-state index contributed by atoms with van der Waals surface area (Å²) in [5.41, 5.74) is 6.42. The van der Waals surface area contributed by atoms with Gasteiger partial charge in [0.05, 0.1) is 15.8 Å². The first-order valence-electron chi connectivity index (χ1n) is 8.10. The van der Waals surface area contributed by atoms with Crippen molar-refractivity contribution < 1.29 is 27.2 Å². The van der Waals surface area contributed by atoms with E-state index in [4.69, 9.17) is 10.5 Å². The van der Waals surface area contributed by atoms with Crippen molar-refractivity contribution in [3.8, 4) is 22.9 Å². The number of aryl methyl sites for hydroxylation is 1. The molecule has 0 saturated carbocycles. The first kappa shape index (κ1) is 18.9. The number of hydrogen-bond acceptors (Lipinski definition) is 7. The van der Waals surface area contributed by atoms with Gasteiger partial charge >= 0.3 is 12.1 Å². The maximum atomic E-state index is 12.6. The maximum Gasteiger partial charge on any atom is 0.471 e. The molecule has 7 nitrogen and oxygen atoms in total. The van der Waals surface area contributed by atoms with Gasteiger partial charge in [0.2, 0.25) is 5.82 Å². The lowest BCUT2D eigenvalue weighted by Crippen LogP contribution is -2.09. The zero-order valence-corrected chi connectivity index (χ0v) is 15.5. The molecule has 3 aromatic heterocycles. The van der Waals surface area contributed by atoms with Gasteiger partial charge in [-0.1, -0.05) is 5.16 Å². The van der Waals surface area contributed by atoms with E-state index in [1.165, 1.54) is 29.7 Å². The number of benzene rings is 1. The Hall–Kier alpha value is -3.47. The molecule has 1 aromatic carbocycles. The second-order valence-corrected chi connectivity index (χ2v) is 7.03. The number of pyridine rings is 1. The number of alkyl halides is 3. The maximum absolute atomic E-state index is 12.6. The average molecular weight is 420 g/mol. The fourth-order valence-corrected chi connectivity index (χ4v) is 3.78. The summed E-state index contributed by atoms with van der Waals surface area (Å²) in [7, 11) is 0. The molecule has 29 heavy (non-hydrogen) atoms. The lowest BCUT2D eigenvalue weighted by atomic mass is 10.1. The smallest absolute Gasteiger partial charge is 0.455 e. The molecule has 0 bridgehead atoms. The number of amides is 1. The van der Waals surface area contributed by atoms with Gasteiger partial charge in [0.15, 0.2) is 5.75 Å². The second kappa shape index (κ2) is 6.85. The first-order chi connectivity index (χ1) is 13.7. The molecule has 0 spiro atoms. The molecule has 0 saturated heterocycles. The zero-order chi connectivity index (χ0) is 20.8. The first-order valence-corrected chi connectivity index (χ1v) is 8.92. The number of primary amides is 1. The van der Waals surface area contributed by atoms with Gasteiger partial charge in [-0.15, -0.1) is 11.3 Å². The van der Waals surface area contributed by atoms with Gasteiger partial charge in [0.25, 0.3) is 5.91 Å². The van der Waals surface area contributed by atoms with Crippen molar-refractivity contribution in [3.63, 3.8) is 0 Å². The molecular formula is C18H11F3N4O3S. The summed E-state index contributed by atoms with van der Waals surface area (Å²) >= 11 is 1.22. The summed E-state index contributed by atoms with van der Waals surface area (Å²) in [5, 5.41) is 4.06. The van der Waals surface area contributed by atoms with E-state index in [0.29, 0.717) is 27.5 Å². The van der Waals surface area contributed by atoms with E-state index in [-0.39, 0.29) is 5.82 Å². The molecular weight excluding hydrogens is 409 g/mol. The van der Waals surface area contributed by atoms with Crippen LogP contribution in [0.2, 0.25) is 0 Å². The van der Waals surface area contributed by atoms with Gasteiger partial charge in [0.1, 0.15) is 5.75 Å². The summed E-state index contributed by atoms with van der Waals surface area (Å²) in [6.07, 6.45) is -1.58. The van der Waals surface area contributed by atoms with Crippen LogP contribution in [0.5, 0.6) is 11.5 Å². The topological polar surface area (TPSA) is 104 Å². The summed E-state index contributed by atoms with van der Waals surface area (Å²) in [6.45, 7) is 1.77.